The lowest BCUT2D eigenvalue weighted by Crippen LogP contribution is -2.35. The number of primary amides is 1. The predicted molar refractivity (Wildman–Crippen MR) is 107 cm³/mol. The number of imidazole rings is 1. The van der Waals surface area contributed by atoms with E-state index in [1.807, 2.05) is 0 Å². The van der Waals surface area contributed by atoms with Crippen molar-refractivity contribution in [2.75, 3.05) is 13.1 Å². The number of carbonyl (C=O) groups is 2. The molecular formula is C20H21FN6O3. The van der Waals surface area contributed by atoms with E-state index in [1.54, 1.807) is 11.8 Å². The second-order valence-corrected chi connectivity index (χ2v) is 7.14. The van der Waals surface area contributed by atoms with E-state index in [1.165, 1.54) is 33.4 Å². The number of hydrogen-bond acceptors (Lipinski definition) is 5. The van der Waals surface area contributed by atoms with Gasteiger partial charge in [-0.1, -0.05) is 0 Å². The Morgan fingerprint density at radius 3 is 2.37 bits per heavy atom. The molecule has 1 fully saturated rings. The highest BCUT2D eigenvalue weighted by Gasteiger charge is 2.26. The van der Waals surface area contributed by atoms with Crippen LogP contribution in [0.3, 0.4) is 0 Å². The Morgan fingerprint density at radius 2 is 1.77 bits per heavy atom. The standard InChI is InChI=1S/C20H21FN6O3/c1-2-26-19-16(27(20(26)30)11-14(28)25-9-3-4-10-25)15(17(22)29)23-18(24-19)12-5-7-13(21)8-6-12/h5-8H,2-4,9-11H2,1H3,(H2,22,29). The highest BCUT2D eigenvalue weighted by Crippen LogP contribution is 2.22. The maximum Gasteiger partial charge on any atom is 0.330 e. The number of halogens is 1. The molecule has 0 unspecified atom stereocenters. The number of aromatic nitrogens is 4. The topological polar surface area (TPSA) is 116 Å². The Hall–Kier alpha value is -3.56. The zero-order valence-corrected chi connectivity index (χ0v) is 16.5. The molecule has 2 N–H and O–H groups in total. The molecule has 156 valence electrons. The fourth-order valence-electron chi connectivity index (χ4n) is 3.75. The monoisotopic (exact) mass is 412 g/mol. The van der Waals surface area contributed by atoms with Crippen molar-refractivity contribution >= 4 is 23.0 Å². The van der Waals surface area contributed by atoms with Gasteiger partial charge in [-0.05, 0) is 44.0 Å². The van der Waals surface area contributed by atoms with Crippen molar-refractivity contribution in [1.82, 2.24) is 24.0 Å². The Morgan fingerprint density at radius 1 is 1.10 bits per heavy atom. The Kier molecular flexibility index (Phi) is 5.06. The van der Waals surface area contributed by atoms with Crippen LogP contribution in [-0.4, -0.2) is 48.9 Å². The molecule has 2 amide bonds. The minimum absolute atomic E-state index is 0.132. The first-order chi connectivity index (χ1) is 14.4. The third-order valence-electron chi connectivity index (χ3n) is 5.26. The van der Waals surface area contributed by atoms with Crippen LogP contribution in [0.1, 0.15) is 30.3 Å². The van der Waals surface area contributed by atoms with Gasteiger partial charge in [0.05, 0.1) is 0 Å². The molecule has 1 aliphatic rings. The smallest absolute Gasteiger partial charge is 0.330 e. The molecule has 0 spiro atoms. The second-order valence-electron chi connectivity index (χ2n) is 7.14. The van der Waals surface area contributed by atoms with E-state index in [-0.39, 0.29) is 41.7 Å². The van der Waals surface area contributed by atoms with Crippen LogP contribution in [0.25, 0.3) is 22.6 Å². The number of hydrogen-bond donors (Lipinski definition) is 1. The summed E-state index contributed by atoms with van der Waals surface area (Å²) in [5.74, 6) is -1.34. The fraction of sp³-hybridized carbons (Fsp3) is 0.350. The van der Waals surface area contributed by atoms with Crippen molar-refractivity contribution in [2.24, 2.45) is 5.73 Å². The van der Waals surface area contributed by atoms with Gasteiger partial charge in [0.15, 0.2) is 17.2 Å². The molecule has 30 heavy (non-hydrogen) atoms. The number of rotatable bonds is 5. The van der Waals surface area contributed by atoms with Crippen LogP contribution in [0.4, 0.5) is 4.39 Å². The van der Waals surface area contributed by atoms with Crippen molar-refractivity contribution in [3.63, 3.8) is 0 Å². The van der Waals surface area contributed by atoms with Gasteiger partial charge in [0, 0.05) is 25.2 Å². The first kappa shape index (κ1) is 19.7. The van der Waals surface area contributed by atoms with E-state index in [2.05, 4.69) is 9.97 Å². The second kappa shape index (κ2) is 7.69. The van der Waals surface area contributed by atoms with Crippen LogP contribution in [-0.2, 0) is 17.9 Å². The largest absolute Gasteiger partial charge is 0.364 e. The molecule has 2 aromatic heterocycles. The van der Waals surface area contributed by atoms with Gasteiger partial charge in [-0.15, -0.1) is 0 Å². The molecule has 3 aromatic rings. The minimum Gasteiger partial charge on any atom is -0.364 e. The van der Waals surface area contributed by atoms with E-state index in [4.69, 9.17) is 5.73 Å². The average molecular weight is 412 g/mol. The molecule has 4 rings (SSSR count). The molecule has 0 aliphatic carbocycles. The summed E-state index contributed by atoms with van der Waals surface area (Å²) in [5.41, 5.74) is 5.75. The lowest BCUT2D eigenvalue weighted by molar-refractivity contribution is -0.130. The molecule has 1 saturated heterocycles. The normalized spacial score (nSPS) is 13.9. The first-order valence-electron chi connectivity index (χ1n) is 9.75. The van der Waals surface area contributed by atoms with E-state index in [9.17, 15) is 18.8 Å². The Labute approximate surface area is 170 Å². The van der Waals surface area contributed by atoms with Crippen LogP contribution in [0.5, 0.6) is 0 Å². The van der Waals surface area contributed by atoms with Gasteiger partial charge in [-0.25, -0.2) is 19.2 Å². The van der Waals surface area contributed by atoms with Gasteiger partial charge in [0.25, 0.3) is 5.91 Å². The number of benzene rings is 1. The molecule has 1 aliphatic heterocycles. The molecule has 0 bridgehead atoms. The summed E-state index contributed by atoms with van der Waals surface area (Å²) in [7, 11) is 0. The SMILES string of the molecule is CCn1c(=O)n(CC(=O)N2CCCC2)c2c(C(N)=O)nc(-c3ccc(F)cc3)nc21. The zero-order chi connectivity index (χ0) is 21.4. The summed E-state index contributed by atoms with van der Waals surface area (Å²) in [6, 6.07) is 5.45. The Balaban J connectivity index is 1.91. The molecule has 9 nitrogen and oxygen atoms in total. The third kappa shape index (κ3) is 3.34. The number of aryl methyl sites for hydroxylation is 1. The van der Waals surface area contributed by atoms with Gasteiger partial charge < -0.3 is 10.6 Å². The lowest BCUT2D eigenvalue weighted by Gasteiger charge is -2.15. The number of nitrogens with two attached hydrogens (primary N) is 1. The van der Waals surface area contributed by atoms with Gasteiger partial charge in [-0.2, -0.15) is 0 Å². The highest BCUT2D eigenvalue weighted by atomic mass is 19.1. The number of carbonyl (C=O) groups excluding carboxylic acids is 2. The molecule has 3 heterocycles. The van der Waals surface area contributed by atoms with Crippen LogP contribution < -0.4 is 11.4 Å². The van der Waals surface area contributed by atoms with Crippen LogP contribution >= 0.6 is 0 Å². The van der Waals surface area contributed by atoms with Gasteiger partial charge in [-0.3, -0.25) is 18.7 Å². The van der Waals surface area contributed by atoms with E-state index >= 15 is 0 Å². The van der Waals surface area contributed by atoms with Crippen molar-refractivity contribution in [1.29, 1.82) is 0 Å². The van der Waals surface area contributed by atoms with Crippen LogP contribution in [0, 0.1) is 5.82 Å². The number of amides is 2. The van der Waals surface area contributed by atoms with Gasteiger partial charge in [0.2, 0.25) is 5.91 Å². The predicted octanol–water partition coefficient (Wildman–Crippen LogP) is 1.14. The van der Waals surface area contributed by atoms with Crippen molar-refractivity contribution in [3.05, 3.63) is 46.3 Å². The minimum atomic E-state index is -0.846. The summed E-state index contributed by atoms with van der Waals surface area (Å²) in [4.78, 5) is 48.3. The summed E-state index contributed by atoms with van der Waals surface area (Å²) >= 11 is 0. The van der Waals surface area contributed by atoms with Gasteiger partial charge in [0.1, 0.15) is 17.9 Å². The van der Waals surface area contributed by atoms with Crippen LogP contribution in [0.2, 0.25) is 0 Å². The lowest BCUT2D eigenvalue weighted by atomic mass is 10.2. The fourth-order valence-corrected chi connectivity index (χ4v) is 3.75. The maximum atomic E-state index is 13.3. The summed E-state index contributed by atoms with van der Waals surface area (Å²) in [5, 5.41) is 0. The molecule has 1 aromatic carbocycles. The highest BCUT2D eigenvalue weighted by molar-refractivity contribution is 6.02. The molecule has 0 saturated carbocycles. The molecule has 10 heteroatoms. The van der Waals surface area contributed by atoms with Crippen molar-refractivity contribution in [3.8, 4) is 11.4 Å². The number of nitrogens with zero attached hydrogens (tertiary/aromatic N) is 5. The number of likely N-dealkylation sites (tertiary alicyclic amines) is 1. The molecule has 0 radical (unpaired) electrons. The average Bonchev–Trinajstić information content (AvgIpc) is 3.35. The third-order valence-corrected chi connectivity index (χ3v) is 5.26. The van der Waals surface area contributed by atoms with E-state index in [0.29, 0.717) is 18.7 Å². The molecular weight excluding hydrogens is 391 g/mol. The first-order valence-corrected chi connectivity index (χ1v) is 9.75. The van der Waals surface area contributed by atoms with Crippen molar-refractivity contribution < 1.29 is 14.0 Å². The zero-order valence-electron chi connectivity index (χ0n) is 16.5. The summed E-state index contributed by atoms with van der Waals surface area (Å²) in [6.07, 6.45) is 1.85. The molecule has 0 atom stereocenters. The summed E-state index contributed by atoms with van der Waals surface area (Å²) in [6.45, 7) is 3.11. The maximum absolute atomic E-state index is 13.3. The quantitative estimate of drug-likeness (QED) is 0.675. The summed E-state index contributed by atoms with van der Waals surface area (Å²) < 4.78 is 15.9. The van der Waals surface area contributed by atoms with E-state index in [0.717, 1.165) is 12.8 Å². The van der Waals surface area contributed by atoms with Crippen LogP contribution in [0.15, 0.2) is 29.1 Å². The van der Waals surface area contributed by atoms with Crippen molar-refractivity contribution in [2.45, 2.75) is 32.9 Å². The van der Waals surface area contributed by atoms with Gasteiger partial charge >= 0.3 is 5.69 Å². The Bertz CT molecular complexity index is 1190. The van der Waals surface area contributed by atoms with E-state index < -0.39 is 17.4 Å². The number of fused-ring (bicyclic) bond motifs is 1.